The van der Waals surface area contributed by atoms with E-state index in [1.54, 1.807) is 23.3 Å². The minimum atomic E-state index is -1.53. The number of imidazole rings is 1. The smallest absolute Gasteiger partial charge is 0.158 e. The molecule has 0 aliphatic heterocycles. The van der Waals surface area contributed by atoms with Gasteiger partial charge in [-0.1, -0.05) is 65.7 Å². The summed E-state index contributed by atoms with van der Waals surface area (Å²) >= 11 is 13.5. The molecule has 0 amide bonds. The number of nitrogens with zero attached hydrogens (tertiary/aromatic N) is 5. The molecule has 176 valence electrons. The molecular weight excluding hydrogens is 481 g/mol. The Morgan fingerprint density at radius 3 is 2.31 bits per heavy atom. The van der Waals surface area contributed by atoms with Crippen LogP contribution in [0.1, 0.15) is 16.8 Å². The van der Waals surface area contributed by atoms with Gasteiger partial charge in [-0.25, -0.2) is 15.0 Å². The minimum absolute atomic E-state index is 0.326. The second-order valence-corrected chi connectivity index (χ2v) is 9.33. The fourth-order valence-corrected chi connectivity index (χ4v) is 5.00. The van der Waals surface area contributed by atoms with Gasteiger partial charge in [0.2, 0.25) is 0 Å². The van der Waals surface area contributed by atoms with Gasteiger partial charge in [-0.2, -0.15) is 0 Å². The monoisotopic (exact) mass is 503 g/mol. The predicted octanol–water partition coefficient (Wildman–Crippen LogP) is 5.69. The third-order valence-electron chi connectivity index (χ3n) is 6.17. The highest BCUT2D eigenvalue weighted by Gasteiger charge is 2.37. The van der Waals surface area contributed by atoms with Crippen molar-refractivity contribution < 1.29 is 5.11 Å². The van der Waals surface area contributed by atoms with Crippen LogP contribution < -0.4 is 4.90 Å². The van der Waals surface area contributed by atoms with Crippen LogP contribution in [0.25, 0.3) is 22.0 Å². The van der Waals surface area contributed by atoms with Crippen molar-refractivity contribution in [3.63, 3.8) is 0 Å². The van der Waals surface area contributed by atoms with Crippen molar-refractivity contribution in [2.24, 2.45) is 7.05 Å². The lowest BCUT2D eigenvalue weighted by molar-refractivity contribution is 0.117. The summed E-state index contributed by atoms with van der Waals surface area (Å²) < 4.78 is 1.79. The summed E-state index contributed by atoms with van der Waals surface area (Å²) in [6.45, 7) is 0. The van der Waals surface area contributed by atoms with Crippen molar-refractivity contribution in [2.45, 2.75) is 5.60 Å². The molecule has 0 fully saturated rings. The number of hydrogen-bond acceptors (Lipinski definition) is 5. The van der Waals surface area contributed by atoms with Crippen LogP contribution in [-0.4, -0.2) is 38.7 Å². The Morgan fingerprint density at radius 2 is 1.69 bits per heavy atom. The molecule has 5 aromatic rings. The Bertz CT molecular complexity index is 1520. The molecule has 1 unspecified atom stereocenters. The zero-order chi connectivity index (χ0) is 24.7. The molecule has 0 saturated heterocycles. The Morgan fingerprint density at radius 1 is 0.943 bits per heavy atom. The SMILES string of the molecule is CN(C)c1ccc(C(O)(c2ccc3nc(Cl)c(-c4ccccc4)c(Cl)c3c2)c2cncn2C)cn1. The minimum Gasteiger partial charge on any atom is -0.374 e. The number of benzene rings is 2. The van der Waals surface area contributed by atoms with Gasteiger partial charge in [0, 0.05) is 43.9 Å². The Hall–Kier alpha value is -3.45. The molecule has 5 rings (SSSR count). The number of halogens is 2. The fourth-order valence-electron chi connectivity index (χ4n) is 4.30. The molecule has 1 N–H and O–H groups in total. The second-order valence-electron chi connectivity index (χ2n) is 8.59. The number of pyridine rings is 2. The molecule has 3 heterocycles. The maximum Gasteiger partial charge on any atom is 0.158 e. The van der Waals surface area contributed by atoms with Crippen LogP contribution in [0.15, 0.2) is 79.4 Å². The standard InChI is InChI=1S/C27H23Cl2N5O/c1-33(2)23-12-10-19(14-31-23)27(35,22-15-30-16-34(22)3)18-9-11-21-20(13-18)25(28)24(26(29)32-21)17-7-5-4-6-8-17/h4-16,35H,1-3H3. The average Bonchev–Trinajstić information content (AvgIpc) is 3.30. The lowest BCUT2D eigenvalue weighted by Gasteiger charge is -2.30. The molecule has 2 aromatic carbocycles. The van der Waals surface area contributed by atoms with Gasteiger partial charge in [-0.3, -0.25) is 0 Å². The van der Waals surface area contributed by atoms with Crippen molar-refractivity contribution in [3.05, 3.63) is 106 Å². The van der Waals surface area contributed by atoms with E-state index in [1.165, 1.54) is 0 Å². The number of aliphatic hydroxyl groups is 1. The number of hydrogen-bond donors (Lipinski definition) is 1. The Labute approximate surface area is 213 Å². The third kappa shape index (κ3) is 3.93. The van der Waals surface area contributed by atoms with E-state index in [-0.39, 0.29) is 0 Å². The van der Waals surface area contributed by atoms with E-state index < -0.39 is 5.60 Å². The molecule has 0 spiro atoms. The van der Waals surface area contributed by atoms with E-state index in [0.29, 0.717) is 43.5 Å². The van der Waals surface area contributed by atoms with Crippen LogP contribution in [0.4, 0.5) is 5.82 Å². The van der Waals surface area contributed by atoms with Crippen molar-refractivity contribution in [1.29, 1.82) is 0 Å². The Kier molecular flexibility index (Phi) is 5.97. The van der Waals surface area contributed by atoms with Crippen LogP contribution in [0.2, 0.25) is 10.2 Å². The lowest BCUT2D eigenvalue weighted by Crippen LogP contribution is -2.31. The number of rotatable bonds is 5. The van der Waals surface area contributed by atoms with Gasteiger partial charge in [0.25, 0.3) is 0 Å². The van der Waals surface area contributed by atoms with E-state index >= 15 is 0 Å². The highest BCUT2D eigenvalue weighted by molar-refractivity contribution is 6.42. The molecule has 3 aromatic heterocycles. The molecule has 0 bridgehead atoms. The molecule has 0 radical (unpaired) electrons. The normalized spacial score (nSPS) is 13.1. The third-order valence-corrected chi connectivity index (χ3v) is 6.83. The van der Waals surface area contributed by atoms with Gasteiger partial charge in [0.1, 0.15) is 11.0 Å². The topological polar surface area (TPSA) is 67.1 Å². The lowest BCUT2D eigenvalue weighted by atomic mass is 9.83. The van der Waals surface area contributed by atoms with E-state index in [0.717, 1.165) is 11.4 Å². The van der Waals surface area contributed by atoms with Gasteiger partial charge in [0.15, 0.2) is 5.60 Å². The molecule has 0 aliphatic carbocycles. The number of fused-ring (bicyclic) bond motifs is 1. The van der Waals surface area contributed by atoms with Gasteiger partial charge in [-0.05, 0) is 29.3 Å². The maximum absolute atomic E-state index is 12.3. The quantitative estimate of drug-likeness (QED) is 0.312. The fraction of sp³-hybridized carbons (Fsp3) is 0.148. The van der Waals surface area contributed by atoms with Crippen LogP contribution in [0.5, 0.6) is 0 Å². The molecular formula is C27H23Cl2N5O. The van der Waals surface area contributed by atoms with E-state index in [1.807, 2.05) is 86.7 Å². The molecule has 0 saturated carbocycles. The summed E-state index contributed by atoms with van der Waals surface area (Å²) in [6, 6.07) is 18.9. The molecule has 1 atom stereocenters. The van der Waals surface area contributed by atoms with Crippen molar-refractivity contribution in [2.75, 3.05) is 19.0 Å². The largest absolute Gasteiger partial charge is 0.374 e. The second kappa shape index (κ2) is 8.96. The van der Waals surface area contributed by atoms with E-state index in [2.05, 4.69) is 15.0 Å². The van der Waals surface area contributed by atoms with Crippen molar-refractivity contribution in [3.8, 4) is 11.1 Å². The van der Waals surface area contributed by atoms with E-state index in [4.69, 9.17) is 23.2 Å². The average molecular weight is 504 g/mol. The molecule has 35 heavy (non-hydrogen) atoms. The van der Waals surface area contributed by atoms with Crippen LogP contribution in [0.3, 0.4) is 0 Å². The summed E-state index contributed by atoms with van der Waals surface area (Å²) in [7, 11) is 5.68. The van der Waals surface area contributed by atoms with Crippen molar-refractivity contribution in [1.82, 2.24) is 19.5 Å². The summed E-state index contributed by atoms with van der Waals surface area (Å²) in [5.41, 5.74) is 2.43. The summed E-state index contributed by atoms with van der Waals surface area (Å²) in [6.07, 6.45) is 5.00. The van der Waals surface area contributed by atoms with E-state index in [9.17, 15) is 5.11 Å². The van der Waals surface area contributed by atoms with Gasteiger partial charge in [-0.15, -0.1) is 0 Å². The zero-order valence-corrected chi connectivity index (χ0v) is 21.0. The predicted molar refractivity (Wildman–Crippen MR) is 141 cm³/mol. The summed E-state index contributed by atoms with van der Waals surface area (Å²) in [4.78, 5) is 15.3. The van der Waals surface area contributed by atoms with Crippen LogP contribution in [0, 0.1) is 0 Å². The number of aryl methyl sites for hydroxylation is 1. The highest BCUT2D eigenvalue weighted by atomic mass is 35.5. The zero-order valence-electron chi connectivity index (χ0n) is 19.4. The number of aromatic nitrogens is 4. The first-order valence-electron chi connectivity index (χ1n) is 11.0. The van der Waals surface area contributed by atoms with Crippen LogP contribution >= 0.6 is 23.2 Å². The first-order valence-corrected chi connectivity index (χ1v) is 11.7. The highest BCUT2D eigenvalue weighted by Crippen LogP contribution is 2.42. The first-order chi connectivity index (χ1) is 16.8. The van der Waals surface area contributed by atoms with Crippen LogP contribution in [-0.2, 0) is 12.6 Å². The summed E-state index contributed by atoms with van der Waals surface area (Å²) in [5, 5.41) is 13.8. The molecule has 0 aliphatic rings. The number of anilines is 1. The Balaban J connectivity index is 1.75. The molecule has 8 heteroatoms. The van der Waals surface area contributed by atoms with Gasteiger partial charge < -0.3 is 14.6 Å². The van der Waals surface area contributed by atoms with Gasteiger partial charge >= 0.3 is 0 Å². The van der Waals surface area contributed by atoms with Gasteiger partial charge in [0.05, 0.1) is 28.8 Å². The molecule has 6 nitrogen and oxygen atoms in total. The first kappa shape index (κ1) is 23.3. The maximum atomic E-state index is 12.3. The summed E-state index contributed by atoms with van der Waals surface area (Å²) in [5.74, 6) is 0.786. The van der Waals surface area contributed by atoms with Crippen molar-refractivity contribution >= 4 is 39.9 Å².